The summed E-state index contributed by atoms with van der Waals surface area (Å²) in [5.41, 5.74) is 1.54. The van der Waals surface area contributed by atoms with Crippen molar-refractivity contribution >= 4 is 28.0 Å². The molecule has 2 rings (SSSR count). The fraction of sp³-hybridized carbons (Fsp3) is 0.357. The molecule has 0 N–H and O–H groups in total. The molecule has 1 unspecified atom stereocenters. The molecule has 1 aliphatic heterocycles. The summed E-state index contributed by atoms with van der Waals surface area (Å²) in [7, 11) is 1.39. The number of esters is 1. The predicted octanol–water partition coefficient (Wildman–Crippen LogP) is 3.18. The SMILES string of the molecule is COC(=O)/C(=C\c1ccccc1Br)C1CCCO1. The van der Waals surface area contributed by atoms with Crippen LogP contribution in [0.4, 0.5) is 0 Å². The molecule has 0 radical (unpaired) electrons. The molecule has 18 heavy (non-hydrogen) atoms. The molecule has 0 aliphatic carbocycles. The first-order chi connectivity index (χ1) is 8.72. The Labute approximate surface area is 115 Å². The van der Waals surface area contributed by atoms with Crippen molar-refractivity contribution in [1.29, 1.82) is 0 Å². The lowest BCUT2D eigenvalue weighted by Crippen LogP contribution is -2.18. The summed E-state index contributed by atoms with van der Waals surface area (Å²) in [6, 6.07) is 7.75. The Morgan fingerprint density at radius 1 is 1.50 bits per heavy atom. The van der Waals surface area contributed by atoms with Gasteiger partial charge < -0.3 is 9.47 Å². The molecule has 0 spiro atoms. The van der Waals surface area contributed by atoms with Crippen molar-refractivity contribution in [2.75, 3.05) is 13.7 Å². The van der Waals surface area contributed by atoms with E-state index in [1.54, 1.807) is 0 Å². The molecule has 1 aromatic carbocycles. The average molecular weight is 311 g/mol. The van der Waals surface area contributed by atoms with Crippen LogP contribution in [0.5, 0.6) is 0 Å². The summed E-state index contributed by atoms with van der Waals surface area (Å²) in [5, 5.41) is 0. The van der Waals surface area contributed by atoms with E-state index in [9.17, 15) is 4.79 Å². The van der Waals surface area contributed by atoms with Gasteiger partial charge in [0.15, 0.2) is 0 Å². The molecule has 96 valence electrons. The normalized spacial score (nSPS) is 19.9. The second-order valence-electron chi connectivity index (χ2n) is 4.11. The Morgan fingerprint density at radius 3 is 2.89 bits per heavy atom. The monoisotopic (exact) mass is 310 g/mol. The van der Waals surface area contributed by atoms with Crippen LogP contribution in [0.3, 0.4) is 0 Å². The van der Waals surface area contributed by atoms with Crippen LogP contribution in [-0.4, -0.2) is 25.8 Å². The maximum Gasteiger partial charge on any atom is 0.336 e. The number of ether oxygens (including phenoxy) is 2. The van der Waals surface area contributed by atoms with Gasteiger partial charge >= 0.3 is 5.97 Å². The van der Waals surface area contributed by atoms with Crippen molar-refractivity contribution in [2.24, 2.45) is 0 Å². The van der Waals surface area contributed by atoms with Gasteiger partial charge in [-0.2, -0.15) is 0 Å². The largest absolute Gasteiger partial charge is 0.466 e. The Morgan fingerprint density at radius 2 is 2.28 bits per heavy atom. The maximum absolute atomic E-state index is 11.8. The smallest absolute Gasteiger partial charge is 0.336 e. The summed E-state index contributed by atoms with van der Waals surface area (Å²) in [4.78, 5) is 11.8. The van der Waals surface area contributed by atoms with E-state index in [2.05, 4.69) is 15.9 Å². The van der Waals surface area contributed by atoms with E-state index in [4.69, 9.17) is 9.47 Å². The first-order valence-electron chi connectivity index (χ1n) is 5.88. The van der Waals surface area contributed by atoms with Crippen LogP contribution in [0, 0.1) is 0 Å². The Kier molecular flexibility index (Phi) is 4.55. The standard InChI is InChI=1S/C14H15BrO3/c1-17-14(16)11(13-7-4-8-18-13)9-10-5-2-3-6-12(10)15/h2-3,5-6,9,13H,4,7-8H2,1H3/b11-9-. The zero-order valence-electron chi connectivity index (χ0n) is 10.2. The number of rotatable bonds is 3. The molecule has 1 fully saturated rings. The molecule has 0 amide bonds. The van der Waals surface area contributed by atoms with Crippen molar-refractivity contribution in [3.63, 3.8) is 0 Å². The highest BCUT2D eigenvalue weighted by Gasteiger charge is 2.26. The zero-order valence-corrected chi connectivity index (χ0v) is 11.8. The van der Waals surface area contributed by atoms with E-state index in [0.29, 0.717) is 12.2 Å². The molecule has 1 aromatic rings. The van der Waals surface area contributed by atoms with Crippen LogP contribution < -0.4 is 0 Å². The predicted molar refractivity (Wildman–Crippen MR) is 73.1 cm³/mol. The van der Waals surface area contributed by atoms with Gasteiger partial charge in [-0.3, -0.25) is 0 Å². The first kappa shape index (κ1) is 13.3. The summed E-state index contributed by atoms with van der Waals surface area (Å²) < 4.78 is 11.3. The molecule has 0 saturated carbocycles. The van der Waals surface area contributed by atoms with Gasteiger partial charge in [0, 0.05) is 11.1 Å². The fourth-order valence-electron chi connectivity index (χ4n) is 1.98. The summed E-state index contributed by atoms with van der Waals surface area (Å²) in [5.74, 6) is -0.322. The number of halogens is 1. The zero-order chi connectivity index (χ0) is 13.0. The van der Waals surface area contributed by atoms with E-state index in [1.165, 1.54) is 7.11 Å². The number of carbonyl (C=O) groups excluding carboxylic acids is 1. The van der Waals surface area contributed by atoms with Crippen molar-refractivity contribution < 1.29 is 14.3 Å². The molecular weight excluding hydrogens is 296 g/mol. The summed E-state index contributed by atoms with van der Waals surface area (Å²) in [6.45, 7) is 0.703. The fourth-order valence-corrected chi connectivity index (χ4v) is 2.38. The molecule has 3 nitrogen and oxygen atoms in total. The molecule has 1 atom stereocenters. The van der Waals surface area contributed by atoms with Gasteiger partial charge in [0.25, 0.3) is 0 Å². The number of benzene rings is 1. The summed E-state index contributed by atoms with van der Waals surface area (Å²) >= 11 is 3.47. The minimum Gasteiger partial charge on any atom is -0.466 e. The minimum absolute atomic E-state index is 0.149. The van der Waals surface area contributed by atoms with Gasteiger partial charge in [-0.05, 0) is 30.5 Å². The minimum atomic E-state index is -0.322. The van der Waals surface area contributed by atoms with Crippen LogP contribution in [0.2, 0.25) is 0 Å². The number of methoxy groups -OCH3 is 1. The van der Waals surface area contributed by atoms with E-state index in [0.717, 1.165) is 22.9 Å². The van der Waals surface area contributed by atoms with Crippen molar-refractivity contribution in [1.82, 2.24) is 0 Å². The lowest BCUT2D eigenvalue weighted by molar-refractivity contribution is -0.137. The van der Waals surface area contributed by atoms with Crippen molar-refractivity contribution in [3.05, 3.63) is 39.9 Å². The summed E-state index contributed by atoms with van der Waals surface area (Å²) in [6.07, 6.45) is 3.54. The highest BCUT2D eigenvalue weighted by molar-refractivity contribution is 9.10. The lowest BCUT2D eigenvalue weighted by Gasteiger charge is -2.12. The third kappa shape index (κ3) is 3.00. The number of hydrogen-bond acceptors (Lipinski definition) is 3. The Bertz CT molecular complexity index is 462. The topological polar surface area (TPSA) is 35.5 Å². The van der Waals surface area contributed by atoms with Crippen LogP contribution in [0.1, 0.15) is 18.4 Å². The van der Waals surface area contributed by atoms with Gasteiger partial charge in [-0.15, -0.1) is 0 Å². The average Bonchev–Trinajstić information content (AvgIpc) is 2.90. The van der Waals surface area contributed by atoms with Gasteiger partial charge in [0.05, 0.1) is 18.8 Å². The van der Waals surface area contributed by atoms with E-state index < -0.39 is 0 Å². The van der Waals surface area contributed by atoms with Crippen LogP contribution >= 0.6 is 15.9 Å². The van der Waals surface area contributed by atoms with Crippen molar-refractivity contribution in [2.45, 2.75) is 18.9 Å². The highest BCUT2D eigenvalue weighted by Crippen LogP contribution is 2.25. The van der Waals surface area contributed by atoms with E-state index in [-0.39, 0.29) is 12.1 Å². The molecule has 0 aromatic heterocycles. The second-order valence-corrected chi connectivity index (χ2v) is 4.97. The van der Waals surface area contributed by atoms with Crippen LogP contribution in [-0.2, 0) is 14.3 Å². The Balaban J connectivity index is 2.33. The van der Waals surface area contributed by atoms with Crippen LogP contribution in [0.25, 0.3) is 6.08 Å². The Hall–Kier alpha value is -1.13. The molecule has 1 heterocycles. The molecule has 4 heteroatoms. The molecule has 1 saturated heterocycles. The van der Waals surface area contributed by atoms with Gasteiger partial charge in [-0.25, -0.2) is 4.79 Å². The lowest BCUT2D eigenvalue weighted by atomic mass is 10.0. The van der Waals surface area contributed by atoms with E-state index in [1.807, 2.05) is 30.3 Å². The molecular formula is C14H15BrO3. The highest BCUT2D eigenvalue weighted by atomic mass is 79.9. The molecule has 1 aliphatic rings. The van der Waals surface area contributed by atoms with Gasteiger partial charge in [-0.1, -0.05) is 34.1 Å². The number of carbonyl (C=O) groups is 1. The third-order valence-corrected chi connectivity index (χ3v) is 3.64. The van der Waals surface area contributed by atoms with E-state index >= 15 is 0 Å². The van der Waals surface area contributed by atoms with Crippen LogP contribution in [0.15, 0.2) is 34.3 Å². The van der Waals surface area contributed by atoms with Gasteiger partial charge in [0.2, 0.25) is 0 Å². The first-order valence-corrected chi connectivity index (χ1v) is 6.67. The van der Waals surface area contributed by atoms with Gasteiger partial charge in [0.1, 0.15) is 0 Å². The molecule has 0 bridgehead atoms. The quantitative estimate of drug-likeness (QED) is 0.635. The third-order valence-electron chi connectivity index (χ3n) is 2.91. The number of hydrogen-bond donors (Lipinski definition) is 0. The second kappa shape index (κ2) is 6.16. The van der Waals surface area contributed by atoms with Crippen molar-refractivity contribution in [3.8, 4) is 0 Å². The maximum atomic E-state index is 11.8.